The van der Waals surface area contributed by atoms with Gasteiger partial charge in [0.05, 0.1) is 15.2 Å². The van der Waals surface area contributed by atoms with Crippen LogP contribution in [0.4, 0.5) is 0 Å². The van der Waals surface area contributed by atoms with Gasteiger partial charge < -0.3 is 5.32 Å². The lowest BCUT2D eigenvalue weighted by Crippen LogP contribution is -2.28. The fraction of sp³-hybridized carbons (Fsp3) is 0.294. The number of aromatic nitrogens is 2. The molecule has 0 aliphatic heterocycles. The van der Waals surface area contributed by atoms with Crippen molar-refractivity contribution >= 4 is 21.6 Å². The summed E-state index contributed by atoms with van der Waals surface area (Å²) in [7, 11) is 2.03. The van der Waals surface area contributed by atoms with Crippen LogP contribution in [0.25, 0.3) is 10.2 Å². The first-order chi connectivity index (χ1) is 10.3. The quantitative estimate of drug-likeness (QED) is 0.757. The van der Waals surface area contributed by atoms with Crippen molar-refractivity contribution in [3.63, 3.8) is 0 Å². The number of nitrogens with zero attached hydrogens (tertiary/aromatic N) is 2. The molecule has 1 N–H and O–H groups in total. The van der Waals surface area contributed by atoms with E-state index < -0.39 is 0 Å². The standard InChI is InChI=1S/C17H19N3S/c1-18-14(7-6-13-8-10-19-11-9-13)12-17-20-15-4-2-3-5-16(15)21-17/h2-5,8-11,14,18H,6-7,12H2,1H3. The van der Waals surface area contributed by atoms with Crippen molar-refractivity contribution < 1.29 is 0 Å². The molecule has 0 spiro atoms. The molecular weight excluding hydrogens is 278 g/mol. The summed E-state index contributed by atoms with van der Waals surface area (Å²) in [5.74, 6) is 0. The van der Waals surface area contributed by atoms with Crippen LogP contribution in [-0.4, -0.2) is 23.1 Å². The highest BCUT2D eigenvalue weighted by atomic mass is 32.1. The first kappa shape index (κ1) is 14.2. The first-order valence-corrected chi connectivity index (χ1v) is 8.07. The fourth-order valence-electron chi connectivity index (χ4n) is 2.46. The highest BCUT2D eigenvalue weighted by Crippen LogP contribution is 2.23. The van der Waals surface area contributed by atoms with Gasteiger partial charge in [-0.15, -0.1) is 11.3 Å². The Morgan fingerprint density at radius 1 is 1.14 bits per heavy atom. The normalized spacial score (nSPS) is 12.6. The Balaban J connectivity index is 1.63. The van der Waals surface area contributed by atoms with Crippen LogP contribution < -0.4 is 5.32 Å². The second-order valence-corrected chi connectivity index (χ2v) is 6.27. The van der Waals surface area contributed by atoms with E-state index in [0.717, 1.165) is 24.8 Å². The molecule has 2 aromatic heterocycles. The Kier molecular flexibility index (Phi) is 4.58. The van der Waals surface area contributed by atoms with Crippen LogP contribution in [-0.2, 0) is 12.8 Å². The monoisotopic (exact) mass is 297 g/mol. The van der Waals surface area contributed by atoms with Crippen molar-refractivity contribution in [2.75, 3.05) is 7.05 Å². The van der Waals surface area contributed by atoms with E-state index in [-0.39, 0.29) is 0 Å². The van der Waals surface area contributed by atoms with Crippen LogP contribution in [0.3, 0.4) is 0 Å². The van der Waals surface area contributed by atoms with Gasteiger partial charge in [0.2, 0.25) is 0 Å². The number of likely N-dealkylation sites (N-methyl/N-ethyl adjacent to an activating group) is 1. The minimum absolute atomic E-state index is 0.457. The molecule has 0 aliphatic rings. The van der Waals surface area contributed by atoms with Crippen molar-refractivity contribution in [2.24, 2.45) is 0 Å². The number of para-hydroxylation sites is 1. The minimum atomic E-state index is 0.457. The summed E-state index contributed by atoms with van der Waals surface area (Å²) in [6.07, 6.45) is 6.88. The van der Waals surface area contributed by atoms with E-state index in [1.54, 1.807) is 11.3 Å². The number of fused-ring (bicyclic) bond motifs is 1. The Hall–Kier alpha value is -1.78. The lowest BCUT2D eigenvalue weighted by molar-refractivity contribution is 0.519. The number of aryl methyl sites for hydroxylation is 1. The van der Waals surface area contributed by atoms with Gasteiger partial charge in [-0.25, -0.2) is 4.98 Å². The molecule has 3 nitrogen and oxygen atoms in total. The van der Waals surface area contributed by atoms with Gasteiger partial charge in [-0.1, -0.05) is 12.1 Å². The molecule has 108 valence electrons. The predicted molar refractivity (Wildman–Crippen MR) is 88.7 cm³/mol. The molecule has 0 amide bonds. The molecule has 3 rings (SSSR count). The molecule has 2 heterocycles. The second-order valence-electron chi connectivity index (χ2n) is 5.16. The number of thiazole rings is 1. The zero-order valence-electron chi connectivity index (χ0n) is 12.1. The largest absolute Gasteiger partial charge is 0.317 e. The molecule has 4 heteroatoms. The molecule has 1 aromatic carbocycles. The summed E-state index contributed by atoms with van der Waals surface area (Å²) < 4.78 is 1.27. The van der Waals surface area contributed by atoms with Crippen molar-refractivity contribution in [1.82, 2.24) is 15.3 Å². The van der Waals surface area contributed by atoms with Gasteiger partial charge in [0, 0.05) is 24.9 Å². The van der Waals surface area contributed by atoms with Crippen LogP contribution in [0.2, 0.25) is 0 Å². The number of benzene rings is 1. The molecule has 1 atom stereocenters. The minimum Gasteiger partial charge on any atom is -0.317 e. The van der Waals surface area contributed by atoms with Crippen molar-refractivity contribution in [3.8, 4) is 0 Å². The van der Waals surface area contributed by atoms with Crippen LogP contribution in [0.1, 0.15) is 17.0 Å². The van der Waals surface area contributed by atoms with Crippen molar-refractivity contribution in [2.45, 2.75) is 25.3 Å². The highest BCUT2D eigenvalue weighted by molar-refractivity contribution is 7.18. The van der Waals surface area contributed by atoms with E-state index in [4.69, 9.17) is 4.98 Å². The molecule has 0 bridgehead atoms. The highest BCUT2D eigenvalue weighted by Gasteiger charge is 2.11. The zero-order valence-corrected chi connectivity index (χ0v) is 12.9. The van der Waals surface area contributed by atoms with Crippen molar-refractivity contribution in [3.05, 3.63) is 59.4 Å². The van der Waals surface area contributed by atoms with Gasteiger partial charge in [-0.05, 0) is 49.7 Å². The summed E-state index contributed by atoms with van der Waals surface area (Å²) >= 11 is 1.80. The third kappa shape index (κ3) is 3.65. The molecule has 0 radical (unpaired) electrons. The number of pyridine rings is 1. The number of hydrogen-bond donors (Lipinski definition) is 1. The molecule has 0 saturated heterocycles. The molecule has 0 fully saturated rings. The number of rotatable bonds is 6. The van der Waals surface area contributed by atoms with E-state index in [0.29, 0.717) is 6.04 Å². The maximum Gasteiger partial charge on any atom is 0.0954 e. The molecule has 1 unspecified atom stereocenters. The average molecular weight is 297 g/mol. The maximum absolute atomic E-state index is 4.72. The van der Waals surface area contributed by atoms with Crippen molar-refractivity contribution in [1.29, 1.82) is 0 Å². The van der Waals surface area contributed by atoms with E-state index in [2.05, 4.69) is 40.6 Å². The summed E-state index contributed by atoms with van der Waals surface area (Å²) in [5, 5.41) is 4.63. The van der Waals surface area contributed by atoms with Gasteiger partial charge in [-0.3, -0.25) is 4.98 Å². The third-order valence-corrected chi connectivity index (χ3v) is 4.76. The maximum atomic E-state index is 4.72. The van der Waals surface area contributed by atoms with Crippen LogP contribution in [0.5, 0.6) is 0 Å². The molecule has 0 saturated carbocycles. The van der Waals surface area contributed by atoms with E-state index >= 15 is 0 Å². The lowest BCUT2D eigenvalue weighted by atomic mass is 10.0. The predicted octanol–water partition coefficient (Wildman–Crippen LogP) is 3.45. The Bertz CT molecular complexity index is 660. The smallest absolute Gasteiger partial charge is 0.0954 e. The topological polar surface area (TPSA) is 37.8 Å². The van der Waals surface area contributed by atoms with Gasteiger partial charge >= 0.3 is 0 Å². The second kappa shape index (κ2) is 6.78. The Morgan fingerprint density at radius 2 is 1.95 bits per heavy atom. The summed E-state index contributed by atoms with van der Waals surface area (Å²) in [6.45, 7) is 0. The Labute approximate surface area is 129 Å². The fourth-order valence-corrected chi connectivity index (χ4v) is 3.50. The van der Waals surface area contributed by atoms with Crippen LogP contribution in [0, 0.1) is 0 Å². The average Bonchev–Trinajstić information content (AvgIpc) is 2.94. The lowest BCUT2D eigenvalue weighted by Gasteiger charge is -2.14. The molecule has 3 aromatic rings. The first-order valence-electron chi connectivity index (χ1n) is 7.26. The SMILES string of the molecule is CNC(CCc1ccncc1)Cc1nc2ccccc2s1. The number of nitrogens with one attached hydrogen (secondary N) is 1. The third-order valence-electron chi connectivity index (χ3n) is 3.70. The summed E-state index contributed by atoms with van der Waals surface area (Å²) in [6, 6.07) is 13.0. The van der Waals surface area contributed by atoms with E-state index in [9.17, 15) is 0 Å². The molecule has 21 heavy (non-hydrogen) atoms. The van der Waals surface area contributed by atoms with E-state index in [1.165, 1.54) is 15.3 Å². The van der Waals surface area contributed by atoms with Gasteiger partial charge in [0.1, 0.15) is 0 Å². The van der Waals surface area contributed by atoms with E-state index in [1.807, 2.05) is 25.5 Å². The van der Waals surface area contributed by atoms with Gasteiger partial charge in [0.25, 0.3) is 0 Å². The van der Waals surface area contributed by atoms with Gasteiger partial charge in [-0.2, -0.15) is 0 Å². The van der Waals surface area contributed by atoms with Crippen LogP contribution >= 0.6 is 11.3 Å². The van der Waals surface area contributed by atoms with Crippen LogP contribution in [0.15, 0.2) is 48.8 Å². The van der Waals surface area contributed by atoms with Gasteiger partial charge in [0.15, 0.2) is 0 Å². The molecule has 0 aliphatic carbocycles. The number of hydrogen-bond acceptors (Lipinski definition) is 4. The zero-order chi connectivity index (χ0) is 14.5. The Morgan fingerprint density at radius 3 is 2.71 bits per heavy atom. The summed E-state index contributed by atoms with van der Waals surface area (Å²) in [4.78, 5) is 8.78. The molecular formula is C17H19N3S. The summed E-state index contributed by atoms with van der Waals surface area (Å²) in [5.41, 5.74) is 2.45.